The maximum absolute atomic E-state index is 12.1. The lowest BCUT2D eigenvalue weighted by Gasteiger charge is -2.17. The van der Waals surface area contributed by atoms with E-state index in [2.05, 4.69) is 10.3 Å². The highest BCUT2D eigenvalue weighted by molar-refractivity contribution is 5.93. The summed E-state index contributed by atoms with van der Waals surface area (Å²) in [7, 11) is 1.06. The highest BCUT2D eigenvalue weighted by Gasteiger charge is 2.30. The minimum absolute atomic E-state index is 0.0346. The molecule has 0 bridgehead atoms. The number of amides is 1. The van der Waals surface area contributed by atoms with Crippen LogP contribution in [0, 0.1) is 6.92 Å². The number of halogens is 3. The van der Waals surface area contributed by atoms with Gasteiger partial charge in [-0.3, -0.25) is 4.79 Å². The van der Waals surface area contributed by atoms with E-state index in [1.807, 2.05) is 19.1 Å². The van der Waals surface area contributed by atoms with Crippen LogP contribution in [-0.2, 0) is 4.79 Å². The molecule has 1 amide bonds. The molecule has 0 aliphatic rings. The molecule has 0 aliphatic carbocycles. The van der Waals surface area contributed by atoms with Gasteiger partial charge in [0.2, 0.25) is 5.91 Å². The molecule has 0 fully saturated rings. The summed E-state index contributed by atoms with van der Waals surface area (Å²) in [5.74, 6) is -0.798. The topological polar surface area (TPSA) is 70.7 Å². The predicted molar refractivity (Wildman–Crippen MR) is 75.0 cm³/mol. The van der Waals surface area contributed by atoms with Crippen molar-refractivity contribution in [2.75, 3.05) is 25.5 Å². The van der Waals surface area contributed by atoms with Crippen molar-refractivity contribution in [2.24, 2.45) is 10.7 Å². The number of nitrogens with two attached hydrogens (primary N) is 1. The summed E-state index contributed by atoms with van der Waals surface area (Å²) in [5.41, 5.74) is 7.31. The van der Waals surface area contributed by atoms with E-state index < -0.39 is 25.2 Å². The molecule has 0 heterocycles. The minimum atomic E-state index is -4.43. The van der Waals surface area contributed by atoms with Crippen LogP contribution in [0.2, 0.25) is 0 Å². The van der Waals surface area contributed by atoms with Crippen molar-refractivity contribution in [1.82, 2.24) is 4.90 Å². The van der Waals surface area contributed by atoms with Gasteiger partial charge in [0.15, 0.2) is 5.96 Å². The number of aryl methyl sites for hydroxylation is 1. The second-order valence-electron chi connectivity index (χ2n) is 4.56. The first kappa shape index (κ1) is 16.8. The Balaban J connectivity index is 2.51. The summed E-state index contributed by atoms with van der Waals surface area (Å²) >= 11 is 0. The van der Waals surface area contributed by atoms with Crippen LogP contribution in [-0.4, -0.2) is 43.1 Å². The van der Waals surface area contributed by atoms with Crippen LogP contribution in [0.3, 0.4) is 0 Å². The van der Waals surface area contributed by atoms with Crippen molar-refractivity contribution in [3.05, 3.63) is 29.8 Å². The average molecular weight is 302 g/mol. The van der Waals surface area contributed by atoms with Crippen molar-refractivity contribution >= 4 is 17.6 Å². The standard InChI is InChI=1S/C13H17F3N4O/c1-9-3-5-10(6-4-9)19-12(17)18-7-11(21)20(2)8-13(14,15)16/h3-6H,7-8H2,1-2H3,(H3,17,18,19). The Kier molecular flexibility index (Phi) is 5.57. The third kappa shape index (κ3) is 6.64. The molecule has 0 aromatic heterocycles. The normalized spacial score (nSPS) is 12.1. The molecule has 0 unspecified atom stereocenters. The maximum Gasteiger partial charge on any atom is 0.406 e. The molecule has 0 atom stereocenters. The van der Waals surface area contributed by atoms with E-state index >= 15 is 0 Å². The van der Waals surface area contributed by atoms with Crippen molar-refractivity contribution in [3.63, 3.8) is 0 Å². The van der Waals surface area contributed by atoms with Crippen molar-refractivity contribution in [2.45, 2.75) is 13.1 Å². The molecule has 1 rings (SSSR count). The van der Waals surface area contributed by atoms with Gasteiger partial charge < -0.3 is 16.0 Å². The fourth-order valence-corrected chi connectivity index (χ4v) is 1.45. The van der Waals surface area contributed by atoms with Gasteiger partial charge >= 0.3 is 6.18 Å². The quantitative estimate of drug-likeness (QED) is 0.657. The van der Waals surface area contributed by atoms with E-state index in [9.17, 15) is 18.0 Å². The number of carbonyl (C=O) groups is 1. The maximum atomic E-state index is 12.1. The van der Waals surface area contributed by atoms with Crippen LogP contribution in [0.1, 0.15) is 5.56 Å². The van der Waals surface area contributed by atoms with E-state index in [1.54, 1.807) is 12.1 Å². The number of hydrogen-bond donors (Lipinski definition) is 2. The van der Waals surface area contributed by atoms with Gasteiger partial charge in [0.05, 0.1) is 0 Å². The van der Waals surface area contributed by atoms with E-state index in [0.29, 0.717) is 10.6 Å². The zero-order valence-corrected chi connectivity index (χ0v) is 11.7. The molecule has 0 saturated heterocycles. The SMILES string of the molecule is Cc1ccc(NC(N)=NCC(=O)N(C)CC(F)(F)F)cc1. The number of aliphatic imine (C=N–C) groups is 1. The molecular formula is C13H17F3N4O. The van der Waals surface area contributed by atoms with Crippen LogP contribution < -0.4 is 11.1 Å². The first-order chi connectivity index (χ1) is 9.67. The van der Waals surface area contributed by atoms with Crippen LogP contribution >= 0.6 is 0 Å². The molecular weight excluding hydrogens is 285 g/mol. The predicted octanol–water partition coefficient (Wildman–Crippen LogP) is 1.74. The van der Waals surface area contributed by atoms with Gasteiger partial charge in [0, 0.05) is 12.7 Å². The number of benzene rings is 1. The largest absolute Gasteiger partial charge is 0.406 e. The van der Waals surface area contributed by atoms with E-state index in [1.165, 1.54) is 0 Å². The molecule has 1 aromatic rings. The third-order valence-corrected chi connectivity index (χ3v) is 2.55. The second-order valence-corrected chi connectivity index (χ2v) is 4.56. The molecule has 3 N–H and O–H groups in total. The Labute approximate surface area is 120 Å². The van der Waals surface area contributed by atoms with Crippen LogP contribution in [0.15, 0.2) is 29.3 Å². The van der Waals surface area contributed by atoms with Crippen molar-refractivity contribution < 1.29 is 18.0 Å². The Hall–Kier alpha value is -2.25. The number of rotatable bonds is 4. The number of hydrogen-bond acceptors (Lipinski definition) is 2. The number of nitrogens with zero attached hydrogens (tertiary/aromatic N) is 2. The highest BCUT2D eigenvalue weighted by atomic mass is 19.4. The van der Waals surface area contributed by atoms with E-state index in [0.717, 1.165) is 12.6 Å². The lowest BCUT2D eigenvalue weighted by Crippen LogP contribution is -2.37. The summed E-state index contributed by atoms with van der Waals surface area (Å²) in [6, 6.07) is 7.26. The number of alkyl halides is 3. The summed E-state index contributed by atoms with van der Waals surface area (Å²) in [5, 5.41) is 2.75. The molecule has 0 spiro atoms. The summed E-state index contributed by atoms with van der Waals surface area (Å²) in [6.45, 7) is 0.167. The highest BCUT2D eigenvalue weighted by Crippen LogP contribution is 2.15. The fourth-order valence-electron chi connectivity index (χ4n) is 1.45. The molecule has 0 aliphatic heterocycles. The number of carbonyl (C=O) groups excluding carboxylic acids is 1. The number of guanidine groups is 1. The minimum Gasteiger partial charge on any atom is -0.370 e. The van der Waals surface area contributed by atoms with Crippen LogP contribution in [0.25, 0.3) is 0 Å². The molecule has 0 saturated carbocycles. The summed E-state index contributed by atoms with van der Waals surface area (Å²) < 4.78 is 36.4. The van der Waals surface area contributed by atoms with Gasteiger partial charge in [-0.15, -0.1) is 0 Å². The van der Waals surface area contributed by atoms with E-state index in [-0.39, 0.29) is 5.96 Å². The zero-order valence-electron chi connectivity index (χ0n) is 11.7. The molecule has 8 heteroatoms. The Morgan fingerprint density at radius 2 is 1.90 bits per heavy atom. The third-order valence-electron chi connectivity index (χ3n) is 2.55. The van der Waals surface area contributed by atoms with Gasteiger partial charge in [-0.25, -0.2) is 4.99 Å². The molecule has 0 radical (unpaired) electrons. The smallest absolute Gasteiger partial charge is 0.370 e. The lowest BCUT2D eigenvalue weighted by molar-refractivity contribution is -0.157. The average Bonchev–Trinajstić information content (AvgIpc) is 2.36. The van der Waals surface area contributed by atoms with Crippen LogP contribution in [0.4, 0.5) is 18.9 Å². The molecule has 5 nitrogen and oxygen atoms in total. The number of anilines is 1. The second kappa shape index (κ2) is 6.96. The first-order valence-corrected chi connectivity index (χ1v) is 6.12. The van der Waals surface area contributed by atoms with Crippen LogP contribution in [0.5, 0.6) is 0 Å². The number of nitrogens with one attached hydrogen (secondary N) is 1. The lowest BCUT2D eigenvalue weighted by atomic mass is 10.2. The Morgan fingerprint density at radius 1 is 1.33 bits per heavy atom. The summed E-state index contributed by atoms with van der Waals surface area (Å²) in [6.07, 6.45) is -4.43. The van der Waals surface area contributed by atoms with Crippen molar-refractivity contribution in [1.29, 1.82) is 0 Å². The van der Waals surface area contributed by atoms with Crippen molar-refractivity contribution in [3.8, 4) is 0 Å². The summed E-state index contributed by atoms with van der Waals surface area (Å²) in [4.78, 5) is 15.7. The molecule has 116 valence electrons. The van der Waals surface area contributed by atoms with Gasteiger partial charge in [-0.1, -0.05) is 17.7 Å². The zero-order chi connectivity index (χ0) is 16.0. The van der Waals surface area contributed by atoms with Gasteiger partial charge in [0.25, 0.3) is 0 Å². The van der Waals surface area contributed by atoms with E-state index in [4.69, 9.17) is 5.73 Å². The van der Waals surface area contributed by atoms with Gasteiger partial charge in [-0.05, 0) is 19.1 Å². The monoisotopic (exact) mass is 302 g/mol. The Morgan fingerprint density at radius 3 is 2.43 bits per heavy atom. The number of likely N-dealkylation sites (N-methyl/N-ethyl adjacent to an activating group) is 1. The molecule has 21 heavy (non-hydrogen) atoms. The van der Waals surface area contributed by atoms with Gasteiger partial charge in [-0.2, -0.15) is 13.2 Å². The first-order valence-electron chi connectivity index (χ1n) is 6.12. The Bertz CT molecular complexity index is 511. The van der Waals surface area contributed by atoms with Gasteiger partial charge in [0.1, 0.15) is 13.1 Å². The molecule has 1 aromatic carbocycles. The fraction of sp³-hybridized carbons (Fsp3) is 0.385.